The third-order valence-electron chi connectivity index (χ3n) is 6.08. The van der Waals surface area contributed by atoms with Crippen LogP contribution in [0.15, 0.2) is 72.8 Å². The molecule has 1 atom stereocenters. The fourth-order valence-electron chi connectivity index (χ4n) is 4.39. The van der Waals surface area contributed by atoms with Crippen molar-refractivity contribution in [2.75, 3.05) is 13.2 Å². The van der Waals surface area contributed by atoms with E-state index in [1.54, 1.807) is 41.7 Å². The van der Waals surface area contributed by atoms with Crippen molar-refractivity contribution in [1.29, 1.82) is 0 Å². The van der Waals surface area contributed by atoms with Crippen LogP contribution in [-0.2, 0) is 16.1 Å². The highest BCUT2D eigenvalue weighted by Crippen LogP contribution is 2.40. The average Bonchev–Trinajstić information content (AvgIpc) is 3.50. The largest absolute Gasteiger partial charge is 0.507 e. The summed E-state index contributed by atoms with van der Waals surface area (Å²) in [4.78, 5) is 32.0. The number of aryl methyl sites for hydroxylation is 1. The van der Waals surface area contributed by atoms with Crippen LogP contribution in [0.25, 0.3) is 5.76 Å². The minimum Gasteiger partial charge on any atom is -0.507 e. The lowest BCUT2D eigenvalue weighted by Crippen LogP contribution is -2.31. The van der Waals surface area contributed by atoms with Crippen LogP contribution in [-0.4, -0.2) is 50.5 Å². The van der Waals surface area contributed by atoms with Crippen molar-refractivity contribution in [1.82, 2.24) is 14.5 Å². The Bertz CT molecular complexity index is 1230. The van der Waals surface area contributed by atoms with Gasteiger partial charge in [-0.3, -0.25) is 9.59 Å². The summed E-state index contributed by atoms with van der Waals surface area (Å²) in [5.74, 6) is -0.154. The molecule has 1 saturated heterocycles. The molecule has 37 heavy (non-hydrogen) atoms. The fourth-order valence-corrected chi connectivity index (χ4v) is 4.39. The van der Waals surface area contributed by atoms with E-state index in [9.17, 15) is 14.7 Å². The normalized spacial score (nSPS) is 17.0. The Labute approximate surface area is 217 Å². The van der Waals surface area contributed by atoms with Crippen molar-refractivity contribution < 1.29 is 24.2 Å². The highest BCUT2D eigenvalue weighted by molar-refractivity contribution is 6.46. The number of carbonyl (C=O) groups is 2. The van der Waals surface area contributed by atoms with Gasteiger partial charge in [-0.25, -0.2) is 4.98 Å². The van der Waals surface area contributed by atoms with E-state index in [1.807, 2.05) is 55.8 Å². The molecule has 1 aliphatic rings. The molecular weight excluding hydrogens is 470 g/mol. The van der Waals surface area contributed by atoms with Crippen LogP contribution in [0.2, 0.25) is 0 Å². The fraction of sp³-hybridized carbons (Fsp3) is 0.345. The van der Waals surface area contributed by atoms with Gasteiger partial charge in [-0.2, -0.15) is 0 Å². The highest BCUT2D eigenvalue weighted by atomic mass is 16.5. The van der Waals surface area contributed by atoms with Crippen LogP contribution < -0.4 is 9.47 Å². The SMILES string of the molecule is CCCOc1ccc([C@H]2/C(=C(\O)c3ccc(OC(C)C)cc3)C(=O)C(=O)N2CCCn2ccnc2)cc1. The molecule has 0 bridgehead atoms. The van der Waals surface area contributed by atoms with E-state index in [0.717, 1.165) is 12.0 Å². The molecule has 1 aliphatic heterocycles. The maximum atomic E-state index is 13.3. The number of amides is 1. The number of imidazole rings is 1. The molecule has 194 valence electrons. The molecule has 4 rings (SSSR count). The summed E-state index contributed by atoms with van der Waals surface area (Å²) in [6.07, 6.45) is 6.79. The number of ketones is 1. The van der Waals surface area contributed by atoms with Crippen molar-refractivity contribution in [3.63, 3.8) is 0 Å². The standard InChI is InChI=1S/C29H33N3O5/c1-4-18-36-23-10-6-21(7-11-23)26-25(27(33)22-8-12-24(13-9-22)37-20(2)3)28(34)29(35)32(26)16-5-15-31-17-14-30-19-31/h6-14,17,19-20,26,33H,4-5,15-16,18H2,1-3H3/b27-25+/t26-/m0/s1. The molecule has 1 fully saturated rings. The second-order valence-electron chi connectivity index (χ2n) is 9.26. The van der Waals surface area contributed by atoms with Gasteiger partial charge in [-0.1, -0.05) is 19.1 Å². The number of aromatic nitrogens is 2. The number of hydrogen-bond acceptors (Lipinski definition) is 6. The first-order valence-corrected chi connectivity index (χ1v) is 12.6. The summed E-state index contributed by atoms with van der Waals surface area (Å²) in [5.41, 5.74) is 1.25. The number of ether oxygens (including phenoxy) is 2. The molecule has 1 aromatic heterocycles. The number of carbonyl (C=O) groups excluding carboxylic acids is 2. The lowest BCUT2D eigenvalue weighted by Gasteiger charge is -2.25. The summed E-state index contributed by atoms with van der Waals surface area (Å²) >= 11 is 0. The first kappa shape index (κ1) is 26.0. The monoisotopic (exact) mass is 503 g/mol. The van der Waals surface area contributed by atoms with Crippen LogP contribution in [0.3, 0.4) is 0 Å². The molecule has 0 radical (unpaired) electrons. The van der Waals surface area contributed by atoms with E-state index in [4.69, 9.17) is 9.47 Å². The first-order valence-electron chi connectivity index (χ1n) is 12.6. The van der Waals surface area contributed by atoms with Crippen LogP contribution >= 0.6 is 0 Å². The van der Waals surface area contributed by atoms with Crippen molar-refractivity contribution in [2.45, 2.75) is 52.3 Å². The zero-order valence-corrected chi connectivity index (χ0v) is 21.5. The number of benzene rings is 2. The maximum absolute atomic E-state index is 13.3. The molecular formula is C29H33N3O5. The van der Waals surface area contributed by atoms with Gasteiger partial charge >= 0.3 is 0 Å². The quantitative estimate of drug-likeness (QED) is 0.226. The summed E-state index contributed by atoms with van der Waals surface area (Å²) in [7, 11) is 0. The predicted molar refractivity (Wildman–Crippen MR) is 140 cm³/mol. The Morgan fingerprint density at radius 1 is 1.03 bits per heavy atom. The van der Waals surface area contributed by atoms with Gasteiger partial charge in [-0.15, -0.1) is 0 Å². The summed E-state index contributed by atoms with van der Waals surface area (Å²) in [5, 5.41) is 11.3. The number of aliphatic hydroxyl groups excluding tert-OH is 1. The Balaban J connectivity index is 1.68. The molecule has 8 heteroatoms. The van der Waals surface area contributed by atoms with Gasteiger partial charge < -0.3 is 24.0 Å². The van der Waals surface area contributed by atoms with E-state index in [0.29, 0.717) is 43.2 Å². The number of likely N-dealkylation sites (tertiary alicyclic amines) is 1. The van der Waals surface area contributed by atoms with Crippen LogP contribution in [0.5, 0.6) is 11.5 Å². The Kier molecular flexibility index (Phi) is 8.28. The van der Waals surface area contributed by atoms with Gasteiger partial charge in [0.1, 0.15) is 17.3 Å². The number of aliphatic hydroxyl groups is 1. The van der Waals surface area contributed by atoms with Gasteiger partial charge in [0, 0.05) is 31.0 Å². The van der Waals surface area contributed by atoms with Crippen molar-refractivity contribution in [2.24, 2.45) is 0 Å². The zero-order valence-electron chi connectivity index (χ0n) is 21.5. The predicted octanol–water partition coefficient (Wildman–Crippen LogP) is 4.97. The molecule has 2 aromatic carbocycles. The summed E-state index contributed by atoms with van der Waals surface area (Å²) in [6, 6.07) is 13.5. The van der Waals surface area contributed by atoms with Crippen molar-refractivity contribution in [3.05, 3.63) is 84.0 Å². The number of rotatable bonds is 11. The topological polar surface area (TPSA) is 93.9 Å². The van der Waals surface area contributed by atoms with Gasteiger partial charge in [0.2, 0.25) is 0 Å². The molecule has 0 saturated carbocycles. The second-order valence-corrected chi connectivity index (χ2v) is 9.26. The molecule has 2 heterocycles. The maximum Gasteiger partial charge on any atom is 0.295 e. The Hall–Kier alpha value is -4.07. The lowest BCUT2D eigenvalue weighted by molar-refractivity contribution is -0.139. The van der Waals surface area contributed by atoms with Crippen LogP contribution in [0.1, 0.15) is 50.8 Å². The second kappa shape index (κ2) is 11.8. The lowest BCUT2D eigenvalue weighted by atomic mass is 9.95. The third-order valence-corrected chi connectivity index (χ3v) is 6.08. The smallest absolute Gasteiger partial charge is 0.295 e. The molecule has 8 nitrogen and oxygen atoms in total. The van der Waals surface area contributed by atoms with Gasteiger partial charge in [0.15, 0.2) is 0 Å². The number of nitrogens with zero attached hydrogens (tertiary/aromatic N) is 3. The van der Waals surface area contributed by atoms with Crippen LogP contribution in [0.4, 0.5) is 0 Å². The molecule has 0 spiro atoms. The highest BCUT2D eigenvalue weighted by Gasteiger charge is 2.45. The summed E-state index contributed by atoms with van der Waals surface area (Å²) in [6.45, 7) is 7.49. The van der Waals surface area contributed by atoms with Crippen LogP contribution in [0, 0.1) is 0 Å². The Morgan fingerprint density at radius 3 is 2.35 bits per heavy atom. The Morgan fingerprint density at radius 2 is 1.73 bits per heavy atom. The molecule has 3 aromatic rings. The van der Waals surface area contributed by atoms with Gasteiger partial charge in [0.05, 0.1) is 30.7 Å². The minimum absolute atomic E-state index is 0.0105. The molecule has 1 N–H and O–H groups in total. The minimum atomic E-state index is -0.713. The molecule has 0 aliphatic carbocycles. The first-order chi connectivity index (χ1) is 17.9. The average molecular weight is 504 g/mol. The summed E-state index contributed by atoms with van der Waals surface area (Å²) < 4.78 is 13.3. The van der Waals surface area contributed by atoms with E-state index in [1.165, 1.54) is 0 Å². The van der Waals surface area contributed by atoms with Crippen molar-refractivity contribution in [3.8, 4) is 11.5 Å². The van der Waals surface area contributed by atoms with E-state index < -0.39 is 17.7 Å². The number of hydrogen-bond donors (Lipinski definition) is 1. The van der Waals surface area contributed by atoms with Gasteiger partial charge in [0.25, 0.3) is 11.7 Å². The number of Topliss-reactive ketones (excluding diaryl/α,β-unsaturated/α-hetero) is 1. The van der Waals surface area contributed by atoms with Gasteiger partial charge in [-0.05, 0) is 68.7 Å². The van der Waals surface area contributed by atoms with E-state index in [2.05, 4.69) is 4.98 Å². The van der Waals surface area contributed by atoms with E-state index >= 15 is 0 Å². The zero-order chi connectivity index (χ0) is 26.4. The molecule has 1 amide bonds. The van der Waals surface area contributed by atoms with Crippen molar-refractivity contribution >= 4 is 17.4 Å². The third kappa shape index (κ3) is 6.02. The molecule has 0 unspecified atom stereocenters. The van der Waals surface area contributed by atoms with E-state index in [-0.39, 0.29) is 17.4 Å².